The smallest absolute Gasteiger partial charge is 0.181 e. The van der Waals surface area contributed by atoms with Crippen molar-refractivity contribution in [2.45, 2.75) is 32.6 Å². The average Bonchev–Trinajstić information content (AvgIpc) is 2.87. The van der Waals surface area contributed by atoms with E-state index in [1.165, 1.54) is 4.68 Å². The number of benzene rings is 1. The second kappa shape index (κ2) is 5.57. The average molecular weight is 332 g/mol. The van der Waals surface area contributed by atoms with Gasteiger partial charge in [-0.2, -0.15) is 5.10 Å². The lowest BCUT2D eigenvalue weighted by atomic mass is 9.70. The van der Waals surface area contributed by atoms with E-state index in [0.717, 1.165) is 5.56 Å². The molecule has 0 amide bonds. The molecule has 1 aromatic carbocycles. The first-order chi connectivity index (χ1) is 10.8. The van der Waals surface area contributed by atoms with Gasteiger partial charge in [0.15, 0.2) is 17.4 Å². The molecule has 1 aliphatic carbocycles. The van der Waals surface area contributed by atoms with E-state index in [4.69, 9.17) is 11.6 Å². The van der Waals surface area contributed by atoms with Crippen molar-refractivity contribution in [2.24, 2.45) is 12.5 Å². The molecular weight excluding hydrogens is 314 g/mol. The molecule has 1 saturated carbocycles. The van der Waals surface area contributed by atoms with Crippen LogP contribution in [-0.4, -0.2) is 26.3 Å². The highest BCUT2D eigenvalue weighted by Crippen LogP contribution is 2.38. The number of carbonyl (C=O) groups is 2. The first-order valence-corrected chi connectivity index (χ1v) is 7.91. The molecule has 1 aromatic heterocycles. The predicted octanol–water partition coefficient (Wildman–Crippen LogP) is 3.18. The molecule has 6 heteroatoms. The Kier molecular flexibility index (Phi) is 3.84. The van der Waals surface area contributed by atoms with Crippen LogP contribution in [0.1, 0.15) is 38.4 Å². The number of hydrogen-bond donors (Lipinski definition) is 0. The molecule has 0 bridgehead atoms. The van der Waals surface area contributed by atoms with Gasteiger partial charge < -0.3 is 0 Å². The highest BCUT2D eigenvalue weighted by Gasteiger charge is 2.45. The summed E-state index contributed by atoms with van der Waals surface area (Å²) in [6.07, 6.45) is 0.982. The Bertz CT molecular complexity index is 778. The lowest BCUT2D eigenvalue weighted by Gasteiger charge is -2.31. The van der Waals surface area contributed by atoms with Crippen LogP contribution in [0.4, 0.5) is 0 Å². The van der Waals surface area contributed by atoms with Crippen LogP contribution in [-0.2, 0) is 16.6 Å². The van der Waals surface area contributed by atoms with Gasteiger partial charge >= 0.3 is 0 Å². The molecule has 0 spiro atoms. The van der Waals surface area contributed by atoms with Crippen molar-refractivity contribution in [3.05, 3.63) is 35.1 Å². The fourth-order valence-corrected chi connectivity index (χ4v) is 3.00. The molecule has 2 aromatic rings. The second-order valence-electron chi connectivity index (χ2n) is 6.57. The third-order valence-electron chi connectivity index (χ3n) is 4.40. The lowest BCUT2D eigenvalue weighted by molar-refractivity contribution is -0.139. The summed E-state index contributed by atoms with van der Waals surface area (Å²) in [6.45, 7) is 3.76. The summed E-state index contributed by atoms with van der Waals surface area (Å²) in [5, 5.41) is 4.99. The zero-order valence-corrected chi connectivity index (χ0v) is 14.1. The van der Waals surface area contributed by atoms with Gasteiger partial charge in [-0.1, -0.05) is 25.4 Å². The molecule has 5 nitrogen and oxygen atoms in total. The molecule has 0 saturated heterocycles. The molecule has 0 radical (unpaired) electrons. The molecular formula is C17H18ClN3O2. The van der Waals surface area contributed by atoms with Crippen LogP contribution in [0, 0.1) is 5.41 Å². The van der Waals surface area contributed by atoms with E-state index in [9.17, 15) is 9.59 Å². The van der Waals surface area contributed by atoms with E-state index >= 15 is 0 Å². The Hall–Kier alpha value is -2.01. The number of aryl methyl sites for hydroxylation is 1. The van der Waals surface area contributed by atoms with E-state index in [1.807, 2.05) is 26.0 Å². The van der Waals surface area contributed by atoms with Gasteiger partial charge in [0.2, 0.25) is 0 Å². The molecule has 120 valence electrons. The molecule has 1 unspecified atom stereocenters. The zero-order valence-electron chi connectivity index (χ0n) is 13.3. The monoisotopic (exact) mass is 331 g/mol. The molecule has 0 aliphatic heterocycles. The van der Waals surface area contributed by atoms with E-state index < -0.39 is 11.3 Å². The number of rotatable bonds is 2. The first kappa shape index (κ1) is 15.9. The summed E-state index contributed by atoms with van der Waals surface area (Å²) in [6, 6.07) is 7.14. The Morgan fingerprint density at radius 1 is 1.22 bits per heavy atom. The Labute approximate surface area is 139 Å². The van der Waals surface area contributed by atoms with Crippen molar-refractivity contribution in [3.63, 3.8) is 0 Å². The van der Waals surface area contributed by atoms with Gasteiger partial charge in [-0.25, -0.2) is 4.98 Å². The standard InChI is InChI=1S/C17H18ClN3O2/c1-17(2)9-8-12(22)13(14(17)23)16-19-15(20-21(16)3)10-4-6-11(18)7-5-10/h4-7,13H,8-9H2,1-3H3. The highest BCUT2D eigenvalue weighted by molar-refractivity contribution is 6.30. The van der Waals surface area contributed by atoms with Gasteiger partial charge in [-0.05, 0) is 30.7 Å². The summed E-state index contributed by atoms with van der Waals surface area (Å²) in [5.74, 6) is -0.0717. The Balaban J connectivity index is 2.02. The summed E-state index contributed by atoms with van der Waals surface area (Å²) in [4.78, 5) is 29.5. The van der Waals surface area contributed by atoms with E-state index in [2.05, 4.69) is 10.1 Å². The Morgan fingerprint density at radius 2 is 1.87 bits per heavy atom. The van der Waals surface area contributed by atoms with Crippen molar-refractivity contribution in [2.75, 3.05) is 0 Å². The van der Waals surface area contributed by atoms with Crippen LogP contribution >= 0.6 is 11.6 Å². The van der Waals surface area contributed by atoms with Gasteiger partial charge in [0.25, 0.3) is 0 Å². The molecule has 1 aliphatic rings. The SMILES string of the molecule is Cn1nc(-c2ccc(Cl)cc2)nc1C1C(=O)CCC(C)(C)C1=O. The number of Topliss-reactive ketones (excluding diaryl/α,β-unsaturated/α-hetero) is 2. The van der Waals surface area contributed by atoms with Gasteiger partial charge in [-0.15, -0.1) is 0 Å². The maximum Gasteiger partial charge on any atom is 0.181 e. The summed E-state index contributed by atoms with van der Waals surface area (Å²) >= 11 is 5.89. The maximum absolute atomic E-state index is 12.7. The van der Waals surface area contributed by atoms with Crippen LogP contribution < -0.4 is 0 Å². The molecule has 0 N–H and O–H groups in total. The van der Waals surface area contributed by atoms with Crippen molar-refractivity contribution >= 4 is 23.2 Å². The maximum atomic E-state index is 12.7. The fourth-order valence-electron chi connectivity index (χ4n) is 2.87. The molecule has 1 heterocycles. The number of aromatic nitrogens is 3. The molecule has 3 rings (SSSR count). The number of halogens is 1. The van der Waals surface area contributed by atoms with Gasteiger partial charge in [0.05, 0.1) is 0 Å². The van der Waals surface area contributed by atoms with Crippen LogP contribution in [0.15, 0.2) is 24.3 Å². The third-order valence-corrected chi connectivity index (χ3v) is 4.66. The number of hydrogen-bond acceptors (Lipinski definition) is 4. The van der Waals surface area contributed by atoms with Crippen LogP contribution in [0.5, 0.6) is 0 Å². The number of nitrogens with zero attached hydrogens (tertiary/aromatic N) is 3. The predicted molar refractivity (Wildman–Crippen MR) is 87.2 cm³/mol. The van der Waals surface area contributed by atoms with Gasteiger partial charge in [0.1, 0.15) is 11.7 Å². The summed E-state index contributed by atoms with van der Waals surface area (Å²) < 4.78 is 1.53. The van der Waals surface area contributed by atoms with E-state index in [0.29, 0.717) is 29.5 Å². The minimum absolute atomic E-state index is 0.0764. The zero-order chi connectivity index (χ0) is 16.8. The van der Waals surface area contributed by atoms with E-state index in [-0.39, 0.29) is 11.6 Å². The topological polar surface area (TPSA) is 64.8 Å². The normalized spacial score (nSPS) is 20.8. The first-order valence-electron chi connectivity index (χ1n) is 7.53. The van der Waals surface area contributed by atoms with Crippen LogP contribution in [0.3, 0.4) is 0 Å². The highest BCUT2D eigenvalue weighted by atomic mass is 35.5. The van der Waals surface area contributed by atoms with Crippen molar-refractivity contribution in [1.82, 2.24) is 14.8 Å². The van der Waals surface area contributed by atoms with Crippen LogP contribution in [0.2, 0.25) is 5.02 Å². The summed E-state index contributed by atoms with van der Waals surface area (Å²) in [5.41, 5.74) is 0.288. The van der Waals surface area contributed by atoms with Gasteiger partial charge in [-0.3, -0.25) is 14.3 Å². The molecule has 23 heavy (non-hydrogen) atoms. The lowest BCUT2D eigenvalue weighted by Crippen LogP contribution is -2.40. The van der Waals surface area contributed by atoms with E-state index in [1.54, 1.807) is 19.2 Å². The van der Waals surface area contributed by atoms with Crippen molar-refractivity contribution < 1.29 is 9.59 Å². The van der Waals surface area contributed by atoms with Gasteiger partial charge in [0, 0.05) is 29.5 Å². The molecule has 1 fully saturated rings. The minimum atomic E-state index is -0.822. The quantitative estimate of drug-likeness (QED) is 0.793. The van der Waals surface area contributed by atoms with Crippen LogP contribution in [0.25, 0.3) is 11.4 Å². The molecule has 1 atom stereocenters. The number of carbonyl (C=O) groups excluding carboxylic acids is 2. The summed E-state index contributed by atoms with van der Waals surface area (Å²) in [7, 11) is 1.71. The minimum Gasteiger partial charge on any atom is -0.298 e. The van der Waals surface area contributed by atoms with Crippen molar-refractivity contribution in [1.29, 1.82) is 0 Å². The second-order valence-corrected chi connectivity index (χ2v) is 7.01. The Morgan fingerprint density at radius 3 is 2.52 bits per heavy atom. The third kappa shape index (κ3) is 2.81. The van der Waals surface area contributed by atoms with Crippen molar-refractivity contribution in [3.8, 4) is 11.4 Å². The fraction of sp³-hybridized carbons (Fsp3) is 0.412. The largest absolute Gasteiger partial charge is 0.298 e. The number of ketones is 2.